The maximum Gasteiger partial charge on any atom is 0.319 e. The summed E-state index contributed by atoms with van der Waals surface area (Å²) < 4.78 is 44.8. The quantitative estimate of drug-likeness (QED) is 0.0349. The van der Waals surface area contributed by atoms with Crippen molar-refractivity contribution in [3.63, 3.8) is 0 Å². The zero-order valence-electron chi connectivity index (χ0n) is 47.1. The number of halogens is 2. The normalized spacial score (nSPS) is 24.1. The molecule has 5 saturated heterocycles. The van der Waals surface area contributed by atoms with Gasteiger partial charge in [-0.2, -0.15) is 9.97 Å². The van der Waals surface area contributed by atoms with Gasteiger partial charge in [0.2, 0.25) is 5.91 Å². The number of piperazine rings is 2. The van der Waals surface area contributed by atoms with E-state index >= 15 is 8.78 Å². The third-order valence-electron chi connectivity index (χ3n) is 17.8. The smallest absolute Gasteiger partial charge is 0.319 e. The van der Waals surface area contributed by atoms with Gasteiger partial charge in [-0.25, -0.2) is 13.8 Å². The number of nitrogens with zero attached hydrogens (tertiary/aromatic N) is 7. The number of aromatic nitrogens is 5. The number of ether oxygens (including phenoxy) is 1. The van der Waals surface area contributed by atoms with E-state index in [0.29, 0.717) is 54.3 Å². The molecule has 434 valence electrons. The summed E-state index contributed by atoms with van der Waals surface area (Å²) in [6.07, 6.45) is 13.5. The Morgan fingerprint density at radius 3 is 2.60 bits per heavy atom. The van der Waals surface area contributed by atoms with E-state index in [9.17, 15) is 19.8 Å². The number of β-amino-alcohol motifs (C(OH)–C–C–N with tert-alkyl or cyclic N) is 1. The maximum atomic E-state index is 17.2. The number of anilines is 2. The third kappa shape index (κ3) is 11.1. The van der Waals surface area contributed by atoms with E-state index in [2.05, 4.69) is 62.4 Å². The van der Waals surface area contributed by atoms with Crippen molar-refractivity contribution in [3.05, 3.63) is 101 Å². The molecule has 0 saturated carbocycles. The van der Waals surface area contributed by atoms with Crippen LogP contribution in [-0.4, -0.2) is 135 Å². The Labute approximate surface area is 484 Å². The fourth-order valence-corrected chi connectivity index (χ4v) is 14.3. The summed E-state index contributed by atoms with van der Waals surface area (Å²) >= 11 is 1.58. The third-order valence-corrected chi connectivity index (χ3v) is 18.7. The van der Waals surface area contributed by atoms with E-state index in [1.54, 1.807) is 17.5 Å². The van der Waals surface area contributed by atoms with Gasteiger partial charge in [-0.05, 0) is 99.5 Å². The molecule has 7 aromatic rings. The zero-order valence-corrected chi connectivity index (χ0v) is 47.9. The number of piperidine rings is 1. The molecule has 5 aliphatic heterocycles. The van der Waals surface area contributed by atoms with E-state index in [1.807, 2.05) is 57.5 Å². The van der Waals surface area contributed by atoms with Crippen molar-refractivity contribution in [3.8, 4) is 45.8 Å². The van der Waals surface area contributed by atoms with Gasteiger partial charge in [0.15, 0.2) is 22.9 Å². The van der Waals surface area contributed by atoms with Gasteiger partial charge in [0.25, 0.3) is 0 Å². The highest BCUT2D eigenvalue weighted by atomic mass is 32.1. The number of hydrogen-bond donors (Lipinski definition) is 7. The van der Waals surface area contributed by atoms with Gasteiger partial charge in [-0.1, -0.05) is 55.3 Å². The number of ketones is 1. The number of benzene rings is 3. The second-order valence-electron chi connectivity index (χ2n) is 23.9. The first kappa shape index (κ1) is 56.3. The van der Waals surface area contributed by atoms with E-state index < -0.39 is 40.6 Å². The molecule has 0 radical (unpaired) electrons. The first-order valence-electron chi connectivity index (χ1n) is 28.9. The topological polar surface area (TPSA) is 228 Å². The number of rotatable bonds is 17. The van der Waals surface area contributed by atoms with Gasteiger partial charge >= 0.3 is 6.01 Å². The summed E-state index contributed by atoms with van der Waals surface area (Å²) in [6, 6.07) is 13.8. The fourth-order valence-electron chi connectivity index (χ4n) is 13.5. The Morgan fingerprint density at radius 2 is 1.86 bits per heavy atom. The first-order chi connectivity index (χ1) is 40.0. The van der Waals surface area contributed by atoms with Gasteiger partial charge in [0, 0.05) is 98.8 Å². The Bertz CT molecular complexity index is 3620. The summed E-state index contributed by atoms with van der Waals surface area (Å²) in [5.74, 6) is 1.47. The molecular formula is C62H70F2N12O6S. The summed E-state index contributed by atoms with van der Waals surface area (Å²) in [4.78, 5) is 53.2. The number of aliphatic hydroxyl groups excluding tert-OH is 1. The van der Waals surface area contributed by atoms with Crippen molar-refractivity contribution < 1.29 is 37.8 Å². The van der Waals surface area contributed by atoms with Gasteiger partial charge in [0.1, 0.15) is 34.3 Å². The van der Waals surface area contributed by atoms with E-state index in [-0.39, 0.29) is 95.4 Å². The molecule has 83 heavy (non-hydrogen) atoms. The van der Waals surface area contributed by atoms with Crippen LogP contribution < -0.4 is 41.1 Å². The maximum absolute atomic E-state index is 17.2. The van der Waals surface area contributed by atoms with Crippen LogP contribution in [0, 0.1) is 36.8 Å². The molecule has 6 unspecified atom stereocenters. The molecule has 18 nitrogen and oxygen atoms in total. The Kier molecular flexibility index (Phi) is 15.7. The number of carbonyl (C=O) groups excluding carboxylic acids is 2. The predicted octanol–water partition coefficient (Wildman–Crippen LogP) is 7.38. The Balaban J connectivity index is 0.721. The van der Waals surface area contributed by atoms with Crippen LogP contribution in [0.1, 0.15) is 101 Å². The number of terminal acetylenes is 1. The van der Waals surface area contributed by atoms with E-state index in [0.717, 1.165) is 79.1 Å². The second-order valence-corrected chi connectivity index (χ2v) is 24.8. The fraction of sp³-hybridized carbons (Fsp3) is 0.468. The monoisotopic (exact) mass is 1150 g/mol. The van der Waals surface area contributed by atoms with Crippen molar-refractivity contribution in [1.29, 1.82) is 0 Å². The molecule has 5 fully saturated rings. The molecule has 8 atom stereocenters. The highest BCUT2D eigenvalue weighted by molar-refractivity contribution is 7.13. The molecule has 21 heteroatoms. The van der Waals surface area contributed by atoms with E-state index in [1.165, 1.54) is 30.5 Å². The largest absolute Gasteiger partial charge is 0.508 e. The number of amides is 1. The molecule has 2 bridgehead atoms. The number of aryl methyl sites for hydroxylation is 1. The molecule has 7 N–H and O–H groups in total. The molecular weight excluding hydrogens is 1080 g/mol. The van der Waals surface area contributed by atoms with Crippen LogP contribution >= 0.6 is 11.3 Å². The average molecular weight is 1150 g/mol. The highest BCUT2D eigenvalue weighted by Crippen LogP contribution is 2.42. The van der Waals surface area contributed by atoms with Crippen LogP contribution in [0.5, 0.6) is 11.8 Å². The summed E-state index contributed by atoms with van der Waals surface area (Å²) in [5, 5.41) is 44.2. The number of hydrogen-bond acceptors (Lipinski definition) is 18. The van der Waals surface area contributed by atoms with Crippen molar-refractivity contribution in [2.45, 2.75) is 126 Å². The number of nitrogens with one attached hydrogen (secondary N) is 5. The molecule has 3 aromatic carbocycles. The average Bonchev–Trinajstić information content (AvgIpc) is 4.20. The van der Waals surface area contributed by atoms with Crippen LogP contribution in [0.3, 0.4) is 0 Å². The van der Waals surface area contributed by atoms with Gasteiger partial charge < -0.3 is 50.5 Å². The number of pyridine rings is 1. The molecule has 0 spiro atoms. The Hall–Kier alpha value is -7.19. The van der Waals surface area contributed by atoms with Gasteiger partial charge in [0.05, 0.1) is 52.0 Å². The molecule has 0 aliphatic carbocycles. The van der Waals surface area contributed by atoms with Crippen molar-refractivity contribution in [2.75, 3.05) is 62.2 Å². The first-order valence-corrected chi connectivity index (χ1v) is 29.8. The standard InChI is InChI=1S/C62H70F2N12O6S/c1-6-46-49(63)14-11-39-23-44(77)24-47(52(39)46)54-53(64)55-48(29-67-54)58(75-31-41-12-13-42(32-75)72-41)74-60(73-55)81-20-16-40-21-36(15-17-66-40)22-43-27-65-18-19-76(43)50-30-70-82-57(50)61(4,5)26-51(79)62(25-45(78)28-69-62)59(80)71-34(2)37-7-9-38(10-8-37)56-35(3)68-33-83-56/h1,7-11,14,23-24,29-30,33-34,36,40-43,45,65-66,69,72,77-78H,12-13,15-22,25-28,31-32H2,2-5H3,(H,71,80)/t34-,36?,40?,41?,42?,43?,45?,62+/m0/s1. The lowest BCUT2D eigenvalue weighted by atomic mass is 9.77. The lowest BCUT2D eigenvalue weighted by Crippen LogP contribution is -2.60. The summed E-state index contributed by atoms with van der Waals surface area (Å²) in [6.45, 7) is 12.5. The van der Waals surface area contributed by atoms with Crippen LogP contribution in [0.15, 0.2) is 71.0 Å². The molecule has 9 heterocycles. The van der Waals surface area contributed by atoms with Gasteiger partial charge in [-0.3, -0.25) is 19.9 Å². The van der Waals surface area contributed by atoms with Crippen molar-refractivity contribution in [1.82, 2.24) is 51.7 Å². The lowest BCUT2D eigenvalue weighted by Gasteiger charge is -2.41. The minimum absolute atomic E-state index is 0.00718. The SMILES string of the molecule is C#Cc1c(F)ccc2cc(O)cc(-c3ncc4c(N5CC6CCC(C5)N6)nc(OCCC5CC(CC6CNCCN6c6cnoc6C(C)(C)CC(=O)[C@@]6(C(=O)N[C@@H](C)c7ccc(-c8scnc8C)cc7)CC(O)CN6)CCN5)nc4c3F)c12. The number of aromatic hydroxyl groups is 1. The molecule has 5 aliphatic rings. The number of phenols is 1. The van der Waals surface area contributed by atoms with Gasteiger partial charge in [-0.15, -0.1) is 17.8 Å². The van der Waals surface area contributed by atoms with Crippen molar-refractivity contribution >= 4 is 56.2 Å². The summed E-state index contributed by atoms with van der Waals surface area (Å²) in [7, 11) is 0. The van der Waals surface area contributed by atoms with Crippen LogP contribution in [-0.2, 0) is 15.0 Å². The minimum atomic E-state index is -1.64. The van der Waals surface area contributed by atoms with E-state index in [4.69, 9.17) is 20.7 Å². The molecule has 4 aromatic heterocycles. The minimum Gasteiger partial charge on any atom is -0.508 e. The zero-order chi connectivity index (χ0) is 57.7. The second kappa shape index (κ2) is 23.1. The molecule has 12 rings (SSSR count). The summed E-state index contributed by atoms with van der Waals surface area (Å²) in [5.41, 5.74) is 2.94. The van der Waals surface area contributed by atoms with Crippen LogP contribution in [0.4, 0.5) is 20.3 Å². The Morgan fingerprint density at radius 1 is 1.05 bits per heavy atom. The van der Waals surface area contributed by atoms with Crippen LogP contribution in [0.25, 0.3) is 43.4 Å². The number of thiazole rings is 1. The molecule has 1 amide bonds. The lowest BCUT2D eigenvalue weighted by molar-refractivity contribution is -0.138. The van der Waals surface area contributed by atoms with Crippen molar-refractivity contribution in [2.24, 2.45) is 5.92 Å². The number of phenolic OH excluding ortho intramolecular Hbond substituents is 1. The highest BCUT2D eigenvalue weighted by Gasteiger charge is 2.53. The predicted molar refractivity (Wildman–Crippen MR) is 315 cm³/mol. The number of carbonyl (C=O) groups is 2. The number of Topliss-reactive ketones (excluding diaryl/α,β-unsaturated/α-hetero) is 1. The number of fused-ring (bicyclic) bond motifs is 4. The van der Waals surface area contributed by atoms with Crippen LogP contribution in [0.2, 0.25) is 0 Å². The number of aliphatic hydroxyl groups is 1.